The van der Waals surface area contributed by atoms with E-state index in [4.69, 9.17) is 10.00 Å². The molecule has 0 N–H and O–H groups in total. The molecule has 2 heterocycles. The topological polar surface area (TPSA) is 113 Å². The van der Waals surface area contributed by atoms with Crippen LogP contribution < -0.4 is 4.31 Å². The number of rotatable bonds is 8. The van der Waals surface area contributed by atoms with Crippen molar-refractivity contribution in [3.8, 4) is 6.07 Å². The zero-order valence-corrected chi connectivity index (χ0v) is 22.5. The number of benzene rings is 3. The minimum atomic E-state index is -4.17. The number of carbonyl (C=O) groups is 1. The average molecular weight is 561 g/mol. The van der Waals surface area contributed by atoms with Crippen LogP contribution in [0.4, 0.5) is 5.69 Å². The van der Waals surface area contributed by atoms with Crippen molar-refractivity contribution in [3.63, 3.8) is 0 Å². The molecule has 0 atom stereocenters. The van der Waals surface area contributed by atoms with Crippen molar-refractivity contribution >= 4 is 65.9 Å². The van der Waals surface area contributed by atoms with Crippen molar-refractivity contribution in [2.45, 2.75) is 15.0 Å². The molecule has 0 saturated carbocycles. The molecule has 8 nitrogen and oxygen atoms in total. The Morgan fingerprint density at radius 3 is 2.66 bits per heavy atom. The molecule has 38 heavy (non-hydrogen) atoms. The second kappa shape index (κ2) is 10.8. The van der Waals surface area contributed by atoms with Crippen molar-refractivity contribution in [1.82, 2.24) is 9.97 Å². The zero-order chi connectivity index (χ0) is 26.7. The maximum Gasteiger partial charge on any atom is 0.326 e. The summed E-state index contributed by atoms with van der Waals surface area (Å²) in [5.74, 6) is -0.0141. The van der Waals surface area contributed by atoms with Crippen LogP contribution in [0.2, 0.25) is 0 Å². The number of ether oxygens (including phenoxy) is 1. The van der Waals surface area contributed by atoms with E-state index in [1.54, 1.807) is 66.4 Å². The van der Waals surface area contributed by atoms with Gasteiger partial charge < -0.3 is 4.74 Å². The molecule has 190 valence electrons. The molecule has 2 aromatic heterocycles. The lowest BCUT2D eigenvalue weighted by molar-refractivity contribution is -0.138. The third-order valence-corrected chi connectivity index (χ3v) is 9.79. The highest BCUT2D eigenvalue weighted by molar-refractivity contribution is 8.00. The Balaban J connectivity index is 1.48. The van der Waals surface area contributed by atoms with Gasteiger partial charge >= 0.3 is 5.97 Å². The zero-order valence-electron chi connectivity index (χ0n) is 20.1. The average Bonchev–Trinajstić information content (AvgIpc) is 3.36. The predicted molar refractivity (Wildman–Crippen MR) is 149 cm³/mol. The Hall–Kier alpha value is -3.98. The van der Waals surface area contributed by atoms with Gasteiger partial charge in [-0.15, -0.1) is 11.3 Å². The molecule has 0 aliphatic rings. The van der Waals surface area contributed by atoms with Gasteiger partial charge in [0.2, 0.25) is 0 Å². The Kier molecular flexibility index (Phi) is 7.28. The lowest BCUT2D eigenvalue weighted by Gasteiger charge is -2.24. The minimum absolute atomic E-state index is 0.00238. The molecule has 5 rings (SSSR count). The second-order valence-corrected chi connectivity index (χ2v) is 12.2. The number of aromatic nitrogens is 2. The van der Waals surface area contributed by atoms with Crippen molar-refractivity contribution in [1.29, 1.82) is 5.26 Å². The Labute approximate surface area is 227 Å². The number of nitriles is 1. The lowest BCUT2D eigenvalue weighted by Crippen LogP contribution is -2.36. The SMILES string of the molecule is COC(=O)CN(c1ccc2nc(SCc3ccc(C#N)cc3)sc2c1)S(=O)(=O)c1cccc2cccnc12. The van der Waals surface area contributed by atoms with Gasteiger partial charge in [-0.1, -0.05) is 42.1 Å². The van der Waals surface area contributed by atoms with E-state index in [1.807, 2.05) is 12.1 Å². The Bertz CT molecular complexity index is 1790. The first-order valence-electron chi connectivity index (χ1n) is 11.3. The largest absolute Gasteiger partial charge is 0.468 e. The number of sulfonamides is 1. The molecule has 3 aromatic carbocycles. The van der Waals surface area contributed by atoms with Crippen LogP contribution in [0.25, 0.3) is 21.1 Å². The van der Waals surface area contributed by atoms with Crippen LogP contribution in [0, 0.1) is 11.3 Å². The van der Waals surface area contributed by atoms with Crippen LogP contribution in [-0.4, -0.2) is 38.0 Å². The van der Waals surface area contributed by atoms with Crippen molar-refractivity contribution in [2.24, 2.45) is 0 Å². The number of fused-ring (bicyclic) bond motifs is 2. The summed E-state index contributed by atoms with van der Waals surface area (Å²) in [5.41, 5.74) is 3.04. The minimum Gasteiger partial charge on any atom is -0.468 e. The fraction of sp³-hybridized carbons (Fsp3) is 0.111. The van der Waals surface area contributed by atoms with E-state index in [0.717, 1.165) is 24.4 Å². The molecule has 0 spiro atoms. The summed E-state index contributed by atoms with van der Waals surface area (Å²) in [7, 11) is -2.96. The summed E-state index contributed by atoms with van der Waals surface area (Å²) in [6.07, 6.45) is 1.53. The van der Waals surface area contributed by atoms with E-state index in [2.05, 4.69) is 16.0 Å². The van der Waals surface area contributed by atoms with Gasteiger partial charge in [0.15, 0.2) is 4.34 Å². The van der Waals surface area contributed by atoms with Gasteiger partial charge in [-0.3, -0.25) is 14.1 Å². The number of nitrogens with zero attached hydrogens (tertiary/aromatic N) is 4. The molecule has 11 heteroatoms. The molecule has 0 saturated heterocycles. The first kappa shape index (κ1) is 25.7. The molecule has 0 bridgehead atoms. The summed E-state index contributed by atoms with van der Waals surface area (Å²) < 4.78 is 35.2. The van der Waals surface area contributed by atoms with Gasteiger partial charge in [0, 0.05) is 17.3 Å². The monoisotopic (exact) mass is 560 g/mol. The molecule has 0 radical (unpaired) electrons. The number of esters is 1. The van der Waals surface area contributed by atoms with Crippen molar-refractivity contribution in [2.75, 3.05) is 18.0 Å². The van der Waals surface area contributed by atoms with E-state index in [9.17, 15) is 13.2 Å². The first-order valence-corrected chi connectivity index (χ1v) is 14.6. The summed E-state index contributed by atoms with van der Waals surface area (Å²) in [6.45, 7) is -0.493. The van der Waals surface area contributed by atoms with Gasteiger partial charge in [0.25, 0.3) is 10.0 Å². The number of thioether (sulfide) groups is 1. The molecule has 0 amide bonds. The van der Waals surface area contributed by atoms with E-state index >= 15 is 0 Å². The van der Waals surface area contributed by atoms with Gasteiger partial charge in [-0.05, 0) is 48.0 Å². The number of hydrogen-bond acceptors (Lipinski definition) is 9. The van der Waals surface area contributed by atoms with Crippen LogP contribution >= 0.6 is 23.1 Å². The van der Waals surface area contributed by atoms with E-state index in [0.29, 0.717) is 27.9 Å². The van der Waals surface area contributed by atoms with Gasteiger partial charge in [-0.2, -0.15) is 5.26 Å². The van der Waals surface area contributed by atoms with Crippen LogP contribution in [0.1, 0.15) is 11.1 Å². The van der Waals surface area contributed by atoms with Gasteiger partial charge in [0.1, 0.15) is 11.4 Å². The highest BCUT2D eigenvalue weighted by Gasteiger charge is 2.30. The summed E-state index contributed by atoms with van der Waals surface area (Å²) >= 11 is 2.99. The fourth-order valence-electron chi connectivity index (χ4n) is 3.83. The molecule has 0 aliphatic carbocycles. The third-order valence-electron chi connectivity index (χ3n) is 5.75. The highest BCUT2D eigenvalue weighted by atomic mass is 32.2. The standard InChI is InChI=1S/C27H20N4O4S3/c1-35-25(32)16-31(38(33,34)24-6-2-4-20-5-3-13-29-26(20)24)21-11-12-22-23(14-21)37-27(30-22)36-17-19-9-7-18(15-28)8-10-19/h2-14H,16-17H2,1H3. The summed E-state index contributed by atoms with van der Waals surface area (Å²) in [4.78, 5) is 21.2. The third kappa shape index (κ3) is 5.19. The smallest absolute Gasteiger partial charge is 0.326 e. The number of pyridine rings is 1. The molecule has 0 unspecified atom stereocenters. The van der Waals surface area contributed by atoms with Crippen LogP contribution in [0.3, 0.4) is 0 Å². The number of thiazole rings is 1. The van der Waals surface area contributed by atoms with Crippen LogP contribution in [-0.2, 0) is 25.3 Å². The summed E-state index contributed by atoms with van der Waals surface area (Å²) in [5, 5.41) is 9.64. The first-order chi connectivity index (χ1) is 18.4. The summed E-state index contributed by atoms with van der Waals surface area (Å²) in [6, 6.07) is 23.0. The maximum absolute atomic E-state index is 13.9. The number of anilines is 1. The maximum atomic E-state index is 13.9. The number of carbonyl (C=O) groups excluding carboxylic acids is 1. The number of hydrogen-bond donors (Lipinski definition) is 0. The van der Waals surface area contributed by atoms with E-state index in [-0.39, 0.29) is 4.90 Å². The van der Waals surface area contributed by atoms with Gasteiger partial charge in [0.05, 0.1) is 40.2 Å². The van der Waals surface area contributed by atoms with Crippen molar-refractivity contribution < 1.29 is 17.9 Å². The van der Waals surface area contributed by atoms with Crippen LogP contribution in [0.5, 0.6) is 0 Å². The lowest BCUT2D eigenvalue weighted by atomic mass is 10.2. The molecule has 5 aromatic rings. The molecule has 0 fully saturated rings. The fourth-order valence-corrected chi connectivity index (χ4v) is 7.46. The quantitative estimate of drug-likeness (QED) is 0.184. The second-order valence-electron chi connectivity index (χ2n) is 8.15. The molecular weight excluding hydrogens is 541 g/mol. The highest BCUT2D eigenvalue weighted by Crippen LogP contribution is 2.35. The number of para-hydroxylation sites is 1. The van der Waals surface area contributed by atoms with Gasteiger partial charge in [-0.25, -0.2) is 13.4 Å². The Morgan fingerprint density at radius 2 is 1.89 bits per heavy atom. The van der Waals surface area contributed by atoms with Crippen LogP contribution in [0.15, 0.2) is 88.2 Å². The predicted octanol–water partition coefficient (Wildman–Crippen LogP) is 5.38. The Morgan fingerprint density at radius 1 is 1.11 bits per heavy atom. The number of methoxy groups -OCH3 is 1. The molecular formula is C27H20N4O4S3. The van der Waals surface area contributed by atoms with Crippen molar-refractivity contribution in [3.05, 3.63) is 90.1 Å². The van der Waals surface area contributed by atoms with E-state index in [1.165, 1.54) is 30.7 Å². The van der Waals surface area contributed by atoms with E-state index < -0.39 is 22.5 Å². The normalized spacial score (nSPS) is 11.4. The molecule has 0 aliphatic heterocycles.